The van der Waals surface area contributed by atoms with Crippen molar-refractivity contribution in [2.45, 2.75) is 0 Å². The van der Waals surface area contributed by atoms with Crippen LogP contribution in [-0.2, 0) is 0 Å². The number of hydrogen-bond donors (Lipinski definition) is 4. The van der Waals surface area contributed by atoms with Crippen LogP contribution in [0.1, 0.15) is 5.56 Å². The van der Waals surface area contributed by atoms with Crippen molar-refractivity contribution in [2.24, 2.45) is 5.10 Å². The van der Waals surface area contributed by atoms with Crippen molar-refractivity contribution in [1.82, 2.24) is 4.98 Å². The van der Waals surface area contributed by atoms with Crippen LogP contribution in [0.5, 0.6) is 17.2 Å². The molecule has 0 amide bonds. The van der Waals surface area contributed by atoms with Gasteiger partial charge >= 0.3 is 0 Å². The number of nitrogens with one attached hydrogen (secondary N) is 1. The summed E-state index contributed by atoms with van der Waals surface area (Å²) in [6.07, 6.45) is 1.32. The SMILES string of the molecule is Oc1ccc(C=NNc2ccc3ccccc3n2)c(O)c1O. The first-order valence-electron chi connectivity index (χ1n) is 6.54. The Morgan fingerprint density at radius 1 is 0.909 bits per heavy atom. The van der Waals surface area contributed by atoms with Crippen molar-refractivity contribution < 1.29 is 15.3 Å². The summed E-state index contributed by atoms with van der Waals surface area (Å²) in [5, 5.41) is 33.3. The number of aromatic nitrogens is 1. The van der Waals surface area contributed by atoms with Gasteiger partial charge in [-0.05, 0) is 30.3 Å². The molecule has 0 spiro atoms. The Kier molecular flexibility index (Phi) is 3.49. The van der Waals surface area contributed by atoms with Crippen molar-refractivity contribution in [3.8, 4) is 17.2 Å². The fraction of sp³-hybridized carbons (Fsp3) is 0. The van der Waals surface area contributed by atoms with E-state index >= 15 is 0 Å². The predicted octanol–water partition coefficient (Wildman–Crippen LogP) is 2.80. The van der Waals surface area contributed by atoms with Crippen LogP contribution in [0.2, 0.25) is 0 Å². The van der Waals surface area contributed by atoms with Gasteiger partial charge in [-0.15, -0.1) is 0 Å². The van der Waals surface area contributed by atoms with Gasteiger partial charge in [0.25, 0.3) is 0 Å². The number of hydrazone groups is 1. The molecule has 0 radical (unpaired) electrons. The number of benzene rings is 2. The lowest BCUT2D eigenvalue weighted by Gasteiger charge is -2.04. The quantitative estimate of drug-likeness (QED) is 0.338. The number of nitrogens with zero attached hydrogens (tertiary/aromatic N) is 2. The van der Waals surface area contributed by atoms with E-state index in [9.17, 15) is 15.3 Å². The molecular weight excluding hydrogens is 282 g/mol. The third-order valence-corrected chi connectivity index (χ3v) is 3.14. The number of phenolic OH excluding ortho intramolecular Hbond substituents is 3. The molecule has 4 N–H and O–H groups in total. The average Bonchev–Trinajstić information content (AvgIpc) is 2.55. The molecule has 0 fully saturated rings. The molecular formula is C16H13N3O3. The van der Waals surface area contributed by atoms with Gasteiger partial charge in [0.1, 0.15) is 5.82 Å². The molecule has 3 aromatic rings. The summed E-state index contributed by atoms with van der Waals surface area (Å²) in [6.45, 7) is 0. The lowest BCUT2D eigenvalue weighted by atomic mass is 10.2. The smallest absolute Gasteiger partial charge is 0.200 e. The van der Waals surface area contributed by atoms with Crippen LogP contribution in [0.15, 0.2) is 53.6 Å². The molecule has 0 aliphatic carbocycles. The van der Waals surface area contributed by atoms with Crippen molar-refractivity contribution in [3.05, 3.63) is 54.1 Å². The molecule has 3 rings (SSSR count). The number of pyridine rings is 1. The molecule has 6 nitrogen and oxygen atoms in total. The van der Waals surface area contributed by atoms with E-state index in [0.29, 0.717) is 5.82 Å². The zero-order valence-corrected chi connectivity index (χ0v) is 11.4. The Balaban J connectivity index is 1.80. The number of rotatable bonds is 3. The van der Waals surface area contributed by atoms with Crippen LogP contribution in [0.25, 0.3) is 10.9 Å². The maximum Gasteiger partial charge on any atom is 0.200 e. The number of para-hydroxylation sites is 1. The number of aromatic hydroxyl groups is 3. The van der Waals surface area contributed by atoms with Crippen LogP contribution in [-0.4, -0.2) is 26.5 Å². The minimum absolute atomic E-state index is 0.267. The second-order valence-electron chi connectivity index (χ2n) is 4.63. The average molecular weight is 295 g/mol. The fourth-order valence-electron chi connectivity index (χ4n) is 1.99. The van der Waals surface area contributed by atoms with Crippen LogP contribution in [0.4, 0.5) is 5.82 Å². The first kappa shape index (κ1) is 13.7. The van der Waals surface area contributed by atoms with Crippen molar-refractivity contribution >= 4 is 22.9 Å². The van der Waals surface area contributed by atoms with E-state index in [1.807, 2.05) is 30.3 Å². The van der Waals surface area contributed by atoms with E-state index in [1.54, 1.807) is 6.07 Å². The molecule has 22 heavy (non-hydrogen) atoms. The highest BCUT2D eigenvalue weighted by atomic mass is 16.3. The predicted molar refractivity (Wildman–Crippen MR) is 84.4 cm³/mol. The van der Waals surface area contributed by atoms with Crippen molar-refractivity contribution in [1.29, 1.82) is 0 Å². The van der Waals surface area contributed by atoms with Gasteiger partial charge in [0, 0.05) is 10.9 Å². The van der Waals surface area contributed by atoms with E-state index in [2.05, 4.69) is 15.5 Å². The Hall–Kier alpha value is -3.28. The van der Waals surface area contributed by atoms with Crippen LogP contribution < -0.4 is 5.43 Å². The van der Waals surface area contributed by atoms with Gasteiger partial charge in [-0.1, -0.05) is 18.2 Å². The molecule has 0 unspecified atom stereocenters. The molecule has 0 atom stereocenters. The second kappa shape index (κ2) is 5.61. The van der Waals surface area contributed by atoms with Crippen molar-refractivity contribution in [2.75, 3.05) is 5.43 Å². The standard InChI is InChI=1S/C16H13N3O3/c20-13-7-5-11(15(21)16(13)22)9-17-19-14-8-6-10-3-1-2-4-12(10)18-14/h1-9,20-22H,(H,18,19). The minimum atomic E-state index is -0.576. The highest BCUT2D eigenvalue weighted by Crippen LogP contribution is 2.36. The van der Waals surface area contributed by atoms with E-state index in [4.69, 9.17) is 0 Å². The van der Waals surface area contributed by atoms with Crippen LogP contribution >= 0.6 is 0 Å². The van der Waals surface area contributed by atoms with Gasteiger partial charge in [-0.3, -0.25) is 5.43 Å². The highest BCUT2D eigenvalue weighted by Gasteiger charge is 2.09. The summed E-state index contributed by atoms with van der Waals surface area (Å²) < 4.78 is 0. The number of hydrogen-bond acceptors (Lipinski definition) is 6. The molecule has 1 aromatic heterocycles. The minimum Gasteiger partial charge on any atom is -0.504 e. The summed E-state index contributed by atoms with van der Waals surface area (Å²) in [6, 6.07) is 14.1. The Morgan fingerprint density at radius 2 is 1.73 bits per heavy atom. The van der Waals surface area contributed by atoms with Gasteiger partial charge in [0.15, 0.2) is 11.5 Å². The number of phenols is 3. The summed E-state index contributed by atoms with van der Waals surface area (Å²) in [4.78, 5) is 4.38. The molecule has 1 heterocycles. The zero-order valence-electron chi connectivity index (χ0n) is 11.4. The number of anilines is 1. The van der Waals surface area contributed by atoms with Crippen LogP contribution in [0.3, 0.4) is 0 Å². The molecule has 110 valence electrons. The van der Waals surface area contributed by atoms with Crippen LogP contribution in [0, 0.1) is 0 Å². The summed E-state index contributed by atoms with van der Waals surface area (Å²) >= 11 is 0. The molecule has 6 heteroatoms. The third-order valence-electron chi connectivity index (χ3n) is 3.14. The lowest BCUT2D eigenvalue weighted by Crippen LogP contribution is -1.94. The summed E-state index contributed by atoms with van der Waals surface area (Å²) in [5.74, 6) is -0.846. The second-order valence-corrected chi connectivity index (χ2v) is 4.63. The Labute approximate surface area is 126 Å². The maximum atomic E-state index is 9.67. The summed E-state index contributed by atoms with van der Waals surface area (Å²) in [5.41, 5.74) is 3.86. The molecule has 0 bridgehead atoms. The van der Waals surface area contributed by atoms with E-state index in [-0.39, 0.29) is 11.3 Å². The summed E-state index contributed by atoms with van der Waals surface area (Å²) in [7, 11) is 0. The monoisotopic (exact) mass is 295 g/mol. The Bertz CT molecular complexity index is 862. The molecule has 0 saturated carbocycles. The Morgan fingerprint density at radius 3 is 2.59 bits per heavy atom. The van der Waals surface area contributed by atoms with E-state index in [0.717, 1.165) is 10.9 Å². The topological polar surface area (TPSA) is 98.0 Å². The molecule has 0 aliphatic heterocycles. The number of fused-ring (bicyclic) bond motifs is 1. The van der Waals surface area contributed by atoms with E-state index < -0.39 is 11.5 Å². The van der Waals surface area contributed by atoms with Gasteiger partial charge in [-0.25, -0.2) is 4.98 Å². The largest absolute Gasteiger partial charge is 0.504 e. The lowest BCUT2D eigenvalue weighted by molar-refractivity contribution is 0.367. The van der Waals surface area contributed by atoms with Gasteiger partial charge in [-0.2, -0.15) is 5.10 Å². The highest BCUT2D eigenvalue weighted by molar-refractivity contribution is 5.86. The maximum absolute atomic E-state index is 9.67. The normalized spacial score (nSPS) is 11.1. The molecule has 0 aliphatic rings. The molecule has 2 aromatic carbocycles. The first-order chi connectivity index (χ1) is 10.6. The first-order valence-corrected chi connectivity index (χ1v) is 6.54. The van der Waals surface area contributed by atoms with Gasteiger partial charge < -0.3 is 15.3 Å². The van der Waals surface area contributed by atoms with Gasteiger partial charge in [0.05, 0.1) is 11.7 Å². The third kappa shape index (κ3) is 2.62. The van der Waals surface area contributed by atoms with Crippen molar-refractivity contribution in [3.63, 3.8) is 0 Å². The molecule has 0 saturated heterocycles. The zero-order chi connectivity index (χ0) is 15.5. The van der Waals surface area contributed by atoms with E-state index in [1.165, 1.54) is 18.3 Å². The fourth-order valence-corrected chi connectivity index (χ4v) is 1.99. The van der Waals surface area contributed by atoms with Gasteiger partial charge in [0.2, 0.25) is 5.75 Å².